The number of nitrogens with one attached hydrogen (secondary N) is 1. The molecule has 2 aromatic rings. The van der Waals surface area contributed by atoms with E-state index in [0.717, 1.165) is 6.54 Å². The number of carbonyl (C=O) groups excluding carboxylic acids is 1. The van der Waals surface area contributed by atoms with E-state index in [2.05, 4.69) is 34.2 Å². The lowest BCUT2D eigenvalue weighted by Gasteiger charge is -2.12. The van der Waals surface area contributed by atoms with Crippen molar-refractivity contribution >= 4 is 29.1 Å². The van der Waals surface area contributed by atoms with Gasteiger partial charge in [-0.3, -0.25) is 9.69 Å². The van der Waals surface area contributed by atoms with Crippen molar-refractivity contribution in [1.29, 1.82) is 0 Å². The molecule has 0 spiro atoms. The summed E-state index contributed by atoms with van der Waals surface area (Å²) in [5, 5.41) is 3.55. The van der Waals surface area contributed by atoms with Crippen LogP contribution in [0.2, 0.25) is 10.0 Å². The van der Waals surface area contributed by atoms with E-state index >= 15 is 0 Å². The monoisotopic (exact) mass is 360 g/mol. The zero-order valence-corrected chi connectivity index (χ0v) is 14.9. The molecular weight excluding hydrogens is 343 g/mol. The molecule has 0 aliphatic carbocycles. The Kier molecular flexibility index (Phi) is 7.14. The molecule has 0 fully saturated rings. The summed E-state index contributed by atoms with van der Waals surface area (Å²) in [6.45, 7) is 1.74. The van der Waals surface area contributed by atoms with Crippen molar-refractivity contribution < 1.29 is 4.79 Å². The molecule has 0 heterocycles. The molecule has 1 amide bonds. The minimum Gasteiger partial charge on any atom is -0.341 e. The summed E-state index contributed by atoms with van der Waals surface area (Å²) in [6.07, 6.45) is 0. The van der Waals surface area contributed by atoms with Crippen LogP contribution in [0.15, 0.2) is 48.5 Å². The number of carbonyl (C=O) groups is 1. The maximum absolute atomic E-state index is 12.0. The summed E-state index contributed by atoms with van der Waals surface area (Å²) in [5.74, 6) is 5.72. The molecule has 24 heavy (non-hydrogen) atoms. The average molecular weight is 361 g/mol. The molecule has 3 nitrogen and oxygen atoms in total. The van der Waals surface area contributed by atoms with E-state index in [1.54, 1.807) is 18.2 Å². The summed E-state index contributed by atoms with van der Waals surface area (Å²) in [4.78, 5) is 14.1. The molecule has 5 heteroatoms. The fourth-order valence-electron chi connectivity index (χ4n) is 2.10. The van der Waals surface area contributed by atoms with Gasteiger partial charge in [0.1, 0.15) is 0 Å². The first kappa shape index (κ1) is 18.4. The first-order valence-electron chi connectivity index (χ1n) is 7.47. The second-order valence-electron chi connectivity index (χ2n) is 5.32. The molecule has 0 saturated heterocycles. The number of hydrogen-bond acceptors (Lipinski definition) is 2. The number of rotatable bonds is 5. The van der Waals surface area contributed by atoms with E-state index in [0.29, 0.717) is 22.2 Å². The van der Waals surface area contributed by atoms with Crippen molar-refractivity contribution in [1.82, 2.24) is 10.2 Å². The van der Waals surface area contributed by atoms with Gasteiger partial charge in [-0.1, -0.05) is 65.4 Å². The lowest BCUT2D eigenvalue weighted by Crippen LogP contribution is -2.24. The number of hydrogen-bond donors (Lipinski definition) is 1. The summed E-state index contributed by atoms with van der Waals surface area (Å²) in [5.41, 5.74) is 1.64. The molecule has 1 N–H and O–H groups in total. The predicted octanol–water partition coefficient (Wildman–Crippen LogP) is 3.86. The molecule has 0 aliphatic rings. The Labute approximate surface area is 152 Å². The van der Waals surface area contributed by atoms with Crippen LogP contribution in [-0.2, 0) is 6.54 Å². The van der Waals surface area contributed by atoms with E-state index in [9.17, 15) is 4.79 Å². The van der Waals surface area contributed by atoms with E-state index in [1.807, 2.05) is 25.2 Å². The third-order valence-corrected chi connectivity index (χ3v) is 3.83. The maximum Gasteiger partial charge on any atom is 0.253 e. The minimum atomic E-state index is -0.261. The van der Waals surface area contributed by atoms with E-state index in [-0.39, 0.29) is 12.5 Å². The number of benzene rings is 2. The van der Waals surface area contributed by atoms with Crippen LogP contribution in [0.1, 0.15) is 15.9 Å². The molecule has 0 atom stereocenters. The quantitative estimate of drug-likeness (QED) is 0.821. The van der Waals surface area contributed by atoms with E-state index in [4.69, 9.17) is 23.2 Å². The van der Waals surface area contributed by atoms with Gasteiger partial charge in [-0.25, -0.2) is 0 Å². The summed E-state index contributed by atoms with van der Waals surface area (Å²) < 4.78 is 0. The van der Waals surface area contributed by atoms with Crippen molar-refractivity contribution in [2.75, 3.05) is 20.1 Å². The topological polar surface area (TPSA) is 32.3 Å². The summed E-state index contributed by atoms with van der Waals surface area (Å²) in [6, 6.07) is 15.0. The Morgan fingerprint density at radius 1 is 1.12 bits per heavy atom. The third kappa shape index (κ3) is 5.90. The minimum absolute atomic E-state index is 0.261. The molecule has 0 radical (unpaired) electrons. The average Bonchev–Trinajstić information content (AvgIpc) is 2.55. The van der Waals surface area contributed by atoms with Gasteiger partial charge in [0.15, 0.2) is 0 Å². The lowest BCUT2D eigenvalue weighted by molar-refractivity contribution is 0.0959. The fourth-order valence-corrected chi connectivity index (χ4v) is 2.59. The van der Waals surface area contributed by atoms with Gasteiger partial charge in [0.05, 0.1) is 23.7 Å². The molecule has 2 rings (SSSR count). The van der Waals surface area contributed by atoms with Crippen LogP contribution in [0.4, 0.5) is 0 Å². The van der Waals surface area contributed by atoms with Crippen LogP contribution >= 0.6 is 23.2 Å². The van der Waals surface area contributed by atoms with Gasteiger partial charge in [0.25, 0.3) is 5.91 Å². The van der Waals surface area contributed by atoms with Gasteiger partial charge >= 0.3 is 0 Å². The number of nitrogens with zero attached hydrogens (tertiary/aromatic N) is 1. The first-order valence-corrected chi connectivity index (χ1v) is 8.23. The van der Waals surface area contributed by atoms with Crippen molar-refractivity contribution in [2.45, 2.75) is 6.54 Å². The molecule has 0 aliphatic heterocycles. The number of amides is 1. The van der Waals surface area contributed by atoms with Crippen LogP contribution < -0.4 is 5.32 Å². The van der Waals surface area contributed by atoms with Gasteiger partial charge < -0.3 is 5.32 Å². The van der Waals surface area contributed by atoms with Crippen molar-refractivity contribution in [2.24, 2.45) is 0 Å². The highest BCUT2D eigenvalue weighted by molar-refractivity contribution is 6.36. The molecule has 2 aromatic carbocycles. The molecular formula is C19H18Cl2N2O. The largest absolute Gasteiger partial charge is 0.341 e. The van der Waals surface area contributed by atoms with Crippen LogP contribution in [0.25, 0.3) is 0 Å². The van der Waals surface area contributed by atoms with E-state index < -0.39 is 0 Å². The Morgan fingerprint density at radius 3 is 2.58 bits per heavy atom. The first-order chi connectivity index (χ1) is 11.6. The van der Waals surface area contributed by atoms with Gasteiger partial charge in [0, 0.05) is 11.6 Å². The van der Waals surface area contributed by atoms with E-state index in [1.165, 1.54) is 5.56 Å². The van der Waals surface area contributed by atoms with Crippen molar-refractivity contribution in [3.63, 3.8) is 0 Å². The fraction of sp³-hybridized carbons (Fsp3) is 0.211. The Morgan fingerprint density at radius 2 is 1.88 bits per heavy atom. The van der Waals surface area contributed by atoms with Crippen LogP contribution in [-0.4, -0.2) is 30.9 Å². The Balaban J connectivity index is 1.76. The summed E-state index contributed by atoms with van der Waals surface area (Å²) >= 11 is 11.8. The highest BCUT2D eigenvalue weighted by Crippen LogP contribution is 2.20. The van der Waals surface area contributed by atoms with Gasteiger partial charge in [0.2, 0.25) is 0 Å². The second-order valence-corrected chi connectivity index (χ2v) is 6.16. The molecule has 0 bridgehead atoms. The van der Waals surface area contributed by atoms with Crippen LogP contribution in [0.3, 0.4) is 0 Å². The normalized spacial score (nSPS) is 10.2. The SMILES string of the molecule is CN(CC#CCNC(=O)c1ccc(Cl)cc1Cl)Cc1ccccc1. The molecule has 0 aromatic heterocycles. The zero-order valence-electron chi connectivity index (χ0n) is 13.4. The Bertz CT molecular complexity index is 751. The lowest BCUT2D eigenvalue weighted by atomic mass is 10.2. The molecule has 0 saturated carbocycles. The molecule has 0 unspecified atom stereocenters. The number of halogens is 2. The van der Waals surface area contributed by atoms with Gasteiger partial charge in [-0.2, -0.15) is 0 Å². The highest BCUT2D eigenvalue weighted by atomic mass is 35.5. The zero-order chi connectivity index (χ0) is 17.4. The van der Waals surface area contributed by atoms with Gasteiger partial charge in [-0.05, 0) is 30.8 Å². The van der Waals surface area contributed by atoms with Crippen molar-refractivity contribution in [3.8, 4) is 11.8 Å². The Hall–Kier alpha value is -1.99. The third-order valence-electron chi connectivity index (χ3n) is 3.28. The van der Waals surface area contributed by atoms with Crippen LogP contribution in [0.5, 0.6) is 0 Å². The van der Waals surface area contributed by atoms with Crippen molar-refractivity contribution in [3.05, 3.63) is 69.7 Å². The molecule has 124 valence electrons. The van der Waals surface area contributed by atoms with Crippen LogP contribution in [0, 0.1) is 11.8 Å². The summed E-state index contributed by atoms with van der Waals surface area (Å²) in [7, 11) is 2.01. The van der Waals surface area contributed by atoms with Gasteiger partial charge in [-0.15, -0.1) is 0 Å². The highest BCUT2D eigenvalue weighted by Gasteiger charge is 2.09. The second kappa shape index (κ2) is 9.34. The smallest absolute Gasteiger partial charge is 0.253 e. The standard InChI is InChI=1S/C19H18Cl2N2O/c1-23(14-15-7-3-2-4-8-15)12-6-5-11-22-19(24)17-10-9-16(20)13-18(17)21/h2-4,7-10,13H,11-12,14H2,1H3,(H,22,24). The maximum atomic E-state index is 12.0. The predicted molar refractivity (Wildman–Crippen MR) is 99.3 cm³/mol.